The standard InChI is InChI=1S/C30H14S4/c1-3-7-17-11-23-19(9-15(17)5-1)27-29(31-23)21-13-26-22(14-25(21)33-27)30-28(34-26)20-10-16-6-2-4-8-18(16)12-24(20)32-30/h1-14H. The molecule has 0 aliphatic carbocycles. The second-order valence-corrected chi connectivity index (χ2v) is 13.2. The normalized spacial score (nSPS) is 12.7. The summed E-state index contributed by atoms with van der Waals surface area (Å²) in [5.41, 5.74) is 0. The maximum absolute atomic E-state index is 2.46. The molecule has 5 aromatic carbocycles. The molecule has 0 amide bonds. The zero-order valence-corrected chi connectivity index (χ0v) is 21.0. The highest BCUT2D eigenvalue weighted by Crippen LogP contribution is 2.50. The monoisotopic (exact) mass is 502 g/mol. The van der Waals surface area contributed by atoms with Crippen molar-refractivity contribution in [2.24, 2.45) is 0 Å². The van der Waals surface area contributed by atoms with Crippen LogP contribution in [0.2, 0.25) is 0 Å². The summed E-state index contributed by atoms with van der Waals surface area (Å²) in [6, 6.07) is 31.8. The van der Waals surface area contributed by atoms with E-state index in [4.69, 9.17) is 0 Å². The van der Waals surface area contributed by atoms with E-state index < -0.39 is 0 Å². The molecule has 9 rings (SSSR count). The summed E-state index contributed by atoms with van der Waals surface area (Å²) in [4.78, 5) is 0. The van der Waals surface area contributed by atoms with Crippen molar-refractivity contribution in [3.63, 3.8) is 0 Å². The van der Waals surface area contributed by atoms with Crippen LogP contribution in [0.15, 0.2) is 84.9 Å². The number of benzene rings is 5. The Morgan fingerprint density at radius 1 is 0.324 bits per heavy atom. The third-order valence-corrected chi connectivity index (χ3v) is 12.0. The van der Waals surface area contributed by atoms with Crippen LogP contribution in [0, 0.1) is 0 Å². The molecular formula is C30H14S4. The van der Waals surface area contributed by atoms with Crippen molar-refractivity contribution in [2.75, 3.05) is 0 Å². The highest BCUT2D eigenvalue weighted by molar-refractivity contribution is 7.38. The minimum Gasteiger partial charge on any atom is -0.134 e. The zero-order valence-electron chi connectivity index (χ0n) is 17.7. The first-order valence-corrected chi connectivity index (χ1v) is 14.5. The number of hydrogen-bond acceptors (Lipinski definition) is 4. The fraction of sp³-hybridized carbons (Fsp3) is 0. The molecule has 9 aromatic rings. The Morgan fingerprint density at radius 2 is 0.618 bits per heavy atom. The number of thiophene rings is 4. The summed E-state index contributed by atoms with van der Waals surface area (Å²) < 4.78 is 11.4. The van der Waals surface area contributed by atoms with Gasteiger partial charge in [0, 0.05) is 40.3 Å². The number of hydrogen-bond donors (Lipinski definition) is 0. The molecule has 0 unspecified atom stereocenters. The van der Waals surface area contributed by atoms with Gasteiger partial charge >= 0.3 is 0 Å². The van der Waals surface area contributed by atoms with Crippen molar-refractivity contribution in [3.8, 4) is 0 Å². The quantitative estimate of drug-likeness (QED) is 0.193. The van der Waals surface area contributed by atoms with Gasteiger partial charge in [-0.2, -0.15) is 0 Å². The van der Waals surface area contributed by atoms with Crippen LogP contribution in [0.25, 0.3) is 80.7 Å². The van der Waals surface area contributed by atoms with Gasteiger partial charge in [0.15, 0.2) is 0 Å². The van der Waals surface area contributed by atoms with Gasteiger partial charge in [-0.3, -0.25) is 0 Å². The second-order valence-electron chi connectivity index (χ2n) is 8.96. The van der Waals surface area contributed by atoms with Gasteiger partial charge in [-0.1, -0.05) is 48.5 Å². The van der Waals surface area contributed by atoms with Crippen molar-refractivity contribution in [1.82, 2.24) is 0 Å². The molecule has 0 saturated heterocycles. The van der Waals surface area contributed by atoms with Crippen LogP contribution >= 0.6 is 45.3 Å². The molecule has 158 valence electrons. The van der Waals surface area contributed by atoms with Crippen LogP contribution in [0.4, 0.5) is 0 Å². The van der Waals surface area contributed by atoms with Gasteiger partial charge in [0.25, 0.3) is 0 Å². The Morgan fingerprint density at radius 3 is 1.00 bits per heavy atom. The molecule has 4 heteroatoms. The summed E-state index contributed by atoms with van der Waals surface area (Å²) in [6.45, 7) is 0. The number of fused-ring (bicyclic) bond motifs is 12. The minimum absolute atomic E-state index is 1.33. The lowest BCUT2D eigenvalue weighted by atomic mass is 10.1. The molecule has 0 bridgehead atoms. The van der Waals surface area contributed by atoms with Crippen molar-refractivity contribution in [1.29, 1.82) is 0 Å². The summed E-state index contributed by atoms with van der Waals surface area (Å²) >= 11 is 7.83. The summed E-state index contributed by atoms with van der Waals surface area (Å²) in [6.07, 6.45) is 0. The lowest BCUT2D eigenvalue weighted by Crippen LogP contribution is -1.70. The van der Waals surface area contributed by atoms with E-state index in [0.29, 0.717) is 0 Å². The molecule has 0 radical (unpaired) electrons. The summed E-state index contributed by atoms with van der Waals surface area (Å²) in [5.74, 6) is 0. The smallest absolute Gasteiger partial charge is 0.0542 e. The lowest BCUT2D eigenvalue weighted by molar-refractivity contribution is 1.82. The van der Waals surface area contributed by atoms with E-state index in [2.05, 4.69) is 84.9 Å². The van der Waals surface area contributed by atoms with Crippen molar-refractivity contribution in [3.05, 3.63) is 84.9 Å². The van der Waals surface area contributed by atoms with Gasteiger partial charge in [-0.05, 0) is 57.9 Å². The van der Waals surface area contributed by atoms with Crippen molar-refractivity contribution < 1.29 is 0 Å². The van der Waals surface area contributed by atoms with Gasteiger partial charge in [-0.25, -0.2) is 0 Å². The molecule has 0 spiro atoms. The SMILES string of the molecule is c1ccc2cc3c(cc2c1)sc1c2cc4sc5c6cc7ccccc7cc6sc5c4cc2sc31. The van der Waals surface area contributed by atoms with Gasteiger partial charge < -0.3 is 0 Å². The largest absolute Gasteiger partial charge is 0.134 e. The second kappa shape index (κ2) is 6.35. The third kappa shape index (κ3) is 2.32. The van der Waals surface area contributed by atoms with Crippen LogP contribution in [-0.4, -0.2) is 0 Å². The maximum Gasteiger partial charge on any atom is 0.0542 e. The van der Waals surface area contributed by atoms with E-state index in [0.717, 1.165) is 0 Å². The molecule has 0 fully saturated rings. The van der Waals surface area contributed by atoms with Gasteiger partial charge in [0.05, 0.1) is 18.8 Å². The average Bonchev–Trinajstić information content (AvgIpc) is 3.58. The van der Waals surface area contributed by atoms with Gasteiger partial charge in [-0.15, -0.1) is 45.3 Å². The van der Waals surface area contributed by atoms with E-state index in [9.17, 15) is 0 Å². The van der Waals surface area contributed by atoms with E-state index in [-0.39, 0.29) is 0 Å². The first kappa shape index (κ1) is 18.3. The Labute approximate surface area is 209 Å². The van der Waals surface area contributed by atoms with Crippen LogP contribution in [0.3, 0.4) is 0 Å². The van der Waals surface area contributed by atoms with E-state index in [1.165, 1.54) is 80.7 Å². The van der Waals surface area contributed by atoms with Crippen molar-refractivity contribution >= 4 is 126 Å². The molecule has 0 aliphatic heterocycles. The molecule has 4 aromatic heterocycles. The van der Waals surface area contributed by atoms with E-state index >= 15 is 0 Å². The highest BCUT2D eigenvalue weighted by Gasteiger charge is 2.17. The van der Waals surface area contributed by atoms with E-state index in [1.807, 2.05) is 45.3 Å². The molecule has 0 N–H and O–H groups in total. The average molecular weight is 503 g/mol. The Kier molecular flexibility index (Phi) is 3.42. The Hall–Kier alpha value is -3.02. The fourth-order valence-corrected chi connectivity index (χ4v) is 10.8. The molecular weight excluding hydrogens is 489 g/mol. The highest BCUT2D eigenvalue weighted by atomic mass is 32.1. The van der Waals surface area contributed by atoms with Crippen LogP contribution < -0.4 is 0 Å². The molecule has 4 heterocycles. The molecule has 0 atom stereocenters. The fourth-order valence-electron chi connectivity index (χ4n) is 5.38. The predicted octanol–water partition coefficient (Wildman–Crippen LogP) is 11.2. The molecule has 0 nitrogen and oxygen atoms in total. The third-order valence-electron chi connectivity index (χ3n) is 7.02. The predicted molar refractivity (Wildman–Crippen MR) is 158 cm³/mol. The first-order valence-electron chi connectivity index (χ1n) is 11.3. The number of rotatable bonds is 0. The van der Waals surface area contributed by atoms with Gasteiger partial charge in [0.2, 0.25) is 0 Å². The molecule has 34 heavy (non-hydrogen) atoms. The Bertz CT molecular complexity index is 2120. The zero-order chi connectivity index (χ0) is 22.0. The minimum atomic E-state index is 1.33. The lowest BCUT2D eigenvalue weighted by Gasteiger charge is -1.98. The molecule has 0 saturated carbocycles. The summed E-state index contributed by atoms with van der Waals surface area (Å²) in [5, 5.41) is 11.0. The van der Waals surface area contributed by atoms with Crippen LogP contribution in [0.5, 0.6) is 0 Å². The van der Waals surface area contributed by atoms with Gasteiger partial charge in [0.1, 0.15) is 0 Å². The van der Waals surface area contributed by atoms with Crippen LogP contribution in [-0.2, 0) is 0 Å². The maximum atomic E-state index is 2.46. The van der Waals surface area contributed by atoms with Crippen LogP contribution in [0.1, 0.15) is 0 Å². The summed E-state index contributed by atoms with van der Waals surface area (Å²) in [7, 11) is 0. The topological polar surface area (TPSA) is 0 Å². The van der Waals surface area contributed by atoms with E-state index in [1.54, 1.807) is 0 Å². The van der Waals surface area contributed by atoms with Crippen molar-refractivity contribution in [2.45, 2.75) is 0 Å². The molecule has 0 aliphatic rings. The Balaban J connectivity index is 1.37. The first-order chi connectivity index (χ1) is 16.8.